The minimum absolute atomic E-state index is 0.0274. The monoisotopic (exact) mass is 418 g/mol. The fourth-order valence-electron chi connectivity index (χ4n) is 2.80. The molecule has 0 aromatic heterocycles. The molecule has 0 aliphatic carbocycles. The minimum Gasteiger partial charge on any atom is -0.508 e. The lowest BCUT2D eigenvalue weighted by atomic mass is 9.99. The topological polar surface area (TPSA) is 54.4 Å². The molecule has 0 bridgehead atoms. The number of aliphatic hydroxyl groups excluding tert-OH is 1. The molecular formula is C21H16Cl2O3S. The Hall–Kier alpha value is -2.27. The molecule has 0 aliphatic heterocycles. The second kappa shape index (κ2) is 7.77. The van der Waals surface area contributed by atoms with E-state index in [1.807, 2.05) is 36.4 Å². The van der Waals surface area contributed by atoms with Gasteiger partial charge < -0.3 is 5.11 Å². The van der Waals surface area contributed by atoms with E-state index < -0.39 is 9.84 Å². The molecule has 0 spiro atoms. The summed E-state index contributed by atoms with van der Waals surface area (Å²) in [5.41, 5.74) is 2.61. The van der Waals surface area contributed by atoms with Crippen molar-refractivity contribution < 1.29 is 13.5 Å². The van der Waals surface area contributed by atoms with Gasteiger partial charge in [0.1, 0.15) is 5.76 Å². The molecule has 0 saturated carbocycles. The van der Waals surface area contributed by atoms with Crippen LogP contribution in [0.1, 0.15) is 11.1 Å². The summed E-state index contributed by atoms with van der Waals surface area (Å²) in [6, 6.07) is 19.0. The van der Waals surface area contributed by atoms with Crippen molar-refractivity contribution in [1.82, 2.24) is 0 Å². The maximum atomic E-state index is 12.9. The smallest absolute Gasteiger partial charge is 0.182 e. The molecule has 27 heavy (non-hydrogen) atoms. The van der Waals surface area contributed by atoms with Crippen LogP contribution in [-0.2, 0) is 15.6 Å². The van der Waals surface area contributed by atoms with E-state index in [2.05, 4.69) is 6.58 Å². The standard InChI is InChI=1S/C21H16Cl2O3S/c1-14(24)21-8-7-16(15-5-3-2-4-6-15)9-17(21)13-27(25,26)20-11-18(22)10-19(23)12-20/h2-12,24H,1,13H2. The highest BCUT2D eigenvalue weighted by atomic mass is 35.5. The predicted octanol–water partition coefficient (Wildman–Crippen LogP) is 6.16. The molecular weight excluding hydrogens is 403 g/mol. The van der Waals surface area contributed by atoms with Crippen LogP contribution in [0.5, 0.6) is 0 Å². The van der Waals surface area contributed by atoms with E-state index in [4.69, 9.17) is 23.2 Å². The Bertz CT molecular complexity index is 1090. The van der Waals surface area contributed by atoms with Gasteiger partial charge in [-0.2, -0.15) is 0 Å². The Balaban J connectivity index is 2.07. The molecule has 3 aromatic carbocycles. The van der Waals surface area contributed by atoms with Gasteiger partial charge in [-0.05, 0) is 41.0 Å². The van der Waals surface area contributed by atoms with Crippen LogP contribution in [0, 0.1) is 0 Å². The Morgan fingerprint density at radius 2 is 1.52 bits per heavy atom. The third kappa shape index (κ3) is 4.53. The summed E-state index contributed by atoms with van der Waals surface area (Å²) < 4.78 is 25.8. The van der Waals surface area contributed by atoms with Gasteiger partial charge >= 0.3 is 0 Å². The normalized spacial score (nSPS) is 11.3. The lowest BCUT2D eigenvalue weighted by molar-refractivity contribution is 0.513. The highest BCUT2D eigenvalue weighted by molar-refractivity contribution is 7.90. The molecule has 0 unspecified atom stereocenters. The van der Waals surface area contributed by atoms with Crippen molar-refractivity contribution in [2.75, 3.05) is 0 Å². The van der Waals surface area contributed by atoms with Gasteiger partial charge in [0.25, 0.3) is 0 Å². The lowest BCUT2D eigenvalue weighted by Crippen LogP contribution is -2.07. The number of rotatable bonds is 5. The average Bonchev–Trinajstić information content (AvgIpc) is 2.61. The van der Waals surface area contributed by atoms with Gasteiger partial charge in [0, 0.05) is 15.6 Å². The Labute approximate surface area is 168 Å². The molecule has 0 radical (unpaired) electrons. The molecule has 6 heteroatoms. The predicted molar refractivity (Wildman–Crippen MR) is 111 cm³/mol. The number of sulfone groups is 1. The first-order chi connectivity index (χ1) is 12.8. The van der Waals surface area contributed by atoms with Gasteiger partial charge in [-0.25, -0.2) is 8.42 Å². The zero-order valence-corrected chi connectivity index (χ0v) is 16.5. The van der Waals surface area contributed by atoms with E-state index in [1.54, 1.807) is 12.1 Å². The van der Waals surface area contributed by atoms with Crippen molar-refractivity contribution in [2.45, 2.75) is 10.6 Å². The van der Waals surface area contributed by atoms with Crippen LogP contribution < -0.4 is 0 Å². The van der Waals surface area contributed by atoms with Gasteiger partial charge in [-0.1, -0.05) is 72.2 Å². The van der Waals surface area contributed by atoms with Gasteiger partial charge in [0.15, 0.2) is 9.84 Å². The molecule has 0 amide bonds. The zero-order valence-electron chi connectivity index (χ0n) is 14.2. The zero-order chi connectivity index (χ0) is 19.6. The van der Waals surface area contributed by atoms with Gasteiger partial charge in [-0.3, -0.25) is 0 Å². The first-order valence-electron chi connectivity index (χ1n) is 8.02. The quantitative estimate of drug-likeness (QED) is 0.504. The molecule has 3 rings (SSSR count). The Kier molecular flexibility index (Phi) is 5.61. The lowest BCUT2D eigenvalue weighted by Gasteiger charge is -2.12. The minimum atomic E-state index is -3.73. The van der Waals surface area contributed by atoms with Crippen LogP contribution in [0.4, 0.5) is 0 Å². The van der Waals surface area contributed by atoms with E-state index in [-0.39, 0.29) is 26.5 Å². The van der Waals surface area contributed by atoms with Crippen molar-refractivity contribution in [1.29, 1.82) is 0 Å². The highest BCUT2D eigenvalue weighted by Crippen LogP contribution is 2.29. The van der Waals surface area contributed by atoms with Crippen LogP contribution in [0.15, 0.2) is 78.2 Å². The van der Waals surface area contributed by atoms with Crippen molar-refractivity contribution in [2.24, 2.45) is 0 Å². The summed E-state index contributed by atoms with van der Waals surface area (Å²) in [7, 11) is -3.73. The summed E-state index contributed by atoms with van der Waals surface area (Å²) in [5.74, 6) is -0.511. The third-order valence-corrected chi connectivity index (χ3v) is 6.15. The second-order valence-corrected chi connectivity index (χ2v) is 8.91. The molecule has 3 aromatic rings. The molecule has 0 heterocycles. The van der Waals surface area contributed by atoms with Crippen molar-refractivity contribution in [3.05, 3.63) is 94.5 Å². The fraction of sp³-hybridized carbons (Fsp3) is 0.0476. The summed E-state index contributed by atoms with van der Waals surface area (Å²) in [5, 5.41) is 10.4. The van der Waals surface area contributed by atoms with Crippen LogP contribution in [0.25, 0.3) is 16.9 Å². The first kappa shape index (κ1) is 19.5. The molecule has 138 valence electrons. The van der Waals surface area contributed by atoms with Crippen molar-refractivity contribution in [3.63, 3.8) is 0 Å². The van der Waals surface area contributed by atoms with E-state index in [0.29, 0.717) is 11.1 Å². The molecule has 1 N–H and O–H groups in total. The van der Waals surface area contributed by atoms with Gasteiger partial charge in [0.05, 0.1) is 10.6 Å². The van der Waals surface area contributed by atoms with Gasteiger partial charge in [0.2, 0.25) is 0 Å². The van der Waals surface area contributed by atoms with Crippen LogP contribution in [0.3, 0.4) is 0 Å². The second-order valence-electron chi connectivity index (χ2n) is 6.05. The number of hydrogen-bond donors (Lipinski definition) is 1. The molecule has 0 fully saturated rings. The molecule has 0 aliphatic rings. The first-order valence-corrected chi connectivity index (χ1v) is 10.4. The number of benzene rings is 3. The maximum Gasteiger partial charge on any atom is 0.182 e. The summed E-state index contributed by atoms with van der Waals surface area (Å²) >= 11 is 11.9. The average molecular weight is 419 g/mol. The van der Waals surface area contributed by atoms with Crippen molar-refractivity contribution in [3.8, 4) is 11.1 Å². The number of hydrogen-bond acceptors (Lipinski definition) is 3. The molecule has 3 nitrogen and oxygen atoms in total. The van der Waals surface area contributed by atoms with E-state index in [9.17, 15) is 13.5 Å². The SMILES string of the molecule is C=C(O)c1ccc(-c2ccccc2)cc1CS(=O)(=O)c1cc(Cl)cc(Cl)c1. The van der Waals surface area contributed by atoms with Crippen LogP contribution in [-0.4, -0.2) is 13.5 Å². The van der Waals surface area contributed by atoms with Crippen LogP contribution in [0.2, 0.25) is 10.0 Å². The highest BCUT2D eigenvalue weighted by Gasteiger charge is 2.20. The van der Waals surface area contributed by atoms with E-state index in [0.717, 1.165) is 11.1 Å². The Morgan fingerprint density at radius 3 is 2.11 bits per heavy atom. The molecule has 0 saturated heterocycles. The molecule has 0 atom stereocenters. The van der Waals surface area contributed by atoms with E-state index >= 15 is 0 Å². The largest absolute Gasteiger partial charge is 0.508 e. The Morgan fingerprint density at radius 1 is 0.889 bits per heavy atom. The fourth-order valence-corrected chi connectivity index (χ4v) is 4.88. The number of halogens is 2. The van der Waals surface area contributed by atoms with E-state index in [1.165, 1.54) is 18.2 Å². The maximum absolute atomic E-state index is 12.9. The number of aliphatic hydroxyl groups is 1. The summed E-state index contributed by atoms with van der Waals surface area (Å²) in [4.78, 5) is 0.0274. The van der Waals surface area contributed by atoms with Crippen molar-refractivity contribution >= 4 is 38.8 Å². The van der Waals surface area contributed by atoms with Crippen LogP contribution >= 0.6 is 23.2 Å². The van der Waals surface area contributed by atoms with Gasteiger partial charge in [-0.15, -0.1) is 0 Å². The third-order valence-electron chi connectivity index (χ3n) is 4.06. The summed E-state index contributed by atoms with van der Waals surface area (Å²) in [6.45, 7) is 3.54. The summed E-state index contributed by atoms with van der Waals surface area (Å²) in [6.07, 6.45) is 0.